The number of aromatic nitrogens is 2. The largest absolute Gasteiger partial charge is 0.379 e. The van der Waals surface area contributed by atoms with Crippen LogP contribution in [0.25, 0.3) is 0 Å². The zero-order valence-electron chi connectivity index (χ0n) is 16.3. The zero-order valence-corrected chi connectivity index (χ0v) is 16.3. The lowest BCUT2D eigenvalue weighted by Crippen LogP contribution is -2.47. The van der Waals surface area contributed by atoms with Crippen LogP contribution >= 0.6 is 0 Å². The van der Waals surface area contributed by atoms with Gasteiger partial charge in [-0.3, -0.25) is 14.4 Å². The number of amides is 1. The van der Waals surface area contributed by atoms with Crippen molar-refractivity contribution in [2.45, 2.75) is 46.1 Å². The highest BCUT2D eigenvalue weighted by atomic mass is 16.5. The predicted octanol–water partition coefficient (Wildman–Crippen LogP) is 1.71. The molecule has 1 amide bonds. The van der Waals surface area contributed by atoms with E-state index in [0.717, 1.165) is 62.8 Å². The highest BCUT2D eigenvalue weighted by Crippen LogP contribution is 2.30. The minimum Gasteiger partial charge on any atom is -0.379 e. The lowest BCUT2D eigenvalue weighted by molar-refractivity contribution is -0.131. The van der Waals surface area contributed by atoms with Crippen LogP contribution in [-0.2, 0) is 16.6 Å². The molecule has 2 saturated heterocycles. The Morgan fingerprint density at radius 2 is 1.96 bits per heavy atom. The number of likely N-dealkylation sites (tertiary alicyclic amines) is 1. The van der Waals surface area contributed by atoms with Crippen molar-refractivity contribution in [2.24, 2.45) is 13.0 Å². The minimum absolute atomic E-state index is 0.130. The van der Waals surface area contributed by atoms with Gasteiger partial charge < -0.3 is 9.64 Å². The molecular weight excluding hydrogens is 316 g/mol. The quantitative estimate of drug-likeness (QED) is 0.831. The highest BCUT2D eigenvalue weighted by molar-refractivity contribution is 5.84. The van der Waals surface area contributed by atoms with Gasteiger partial charge in [0.25, 0.3) is 0 Å². The number of hydrogen-bond donors (Lipinski definition) is 0. The van der Waals surface area contributed by atoms with E-state index < -0.39 is 0 Å². The first-order valence-corrected chi connectivity index (χ1v) is 9.54. The summed E-state index contributed by atoms with van der Waals surface area (Å²) < 4.78 is 7.37. The van der Waals surface area contributed by atoms with E-state index in [0.29, 0.717) is 12.0 Å². The van der Waals surface area contributed by atoms with Crippen LogP contribution in [0.5, 0.6) is 0 Å². The normalized spacial score (nSPS) is 26.2. The van der Waals surface area contributed by atoms with Crippen molar-refractivity contribution in [1.29, 1.82) is 0 Å². The summed E-state index contributed by atoms with van der Waals surface area (Å²) >= 11 is 0. The van der Waals surface area contributed by atoms with Crippen LogP contribution in [0.15, 0.2) is 0 Å². The Kier molecular flexibility index (Phi) is 5.49. The minimum atomic E-state index is -0.130. The molecule has 0 radical (unpaired) electrons. The van der Waals surface area contributed by atoms with E-state index in [1.54, 1.807) is 0 Å². The third-order valence-electron chi connectivity index (χ3n) is 6.13. The number of nitrogens with zero attached hydrogens (tertiary/aromatic N) is 4. The fourth-order valence-corrected chi connectivity index (χ4v) is 4.57. The molecule has 0 N–H and O–H groups in total. The Bertz CT molecular complexity index is 621. The zero-order chi connectivity index (χ0) is 18.1. The third-order valence-corrected chi connectivity index (χ3v) is 6.13. The number of carbonyl (C=O) groups is 1. The van der Waals surface area contributed by atoms with Gasteiger partial charge in [0.2, 0.25) is 5.91 Å². The summed E-state index contributed by atoms with van der Waals surface area (Å²) in [5, 5.41) is 4.48. The third kappa shape index (κ3) is 3.47. The maximum absolute atomic E-state index is 13.2. The summed E-state index contributed by atoms with van der Waals surface area (Å²) in [6, 6.07) is 0.473. The fraction of sp³-hybridized carbons (Fsp3) is 0.789. The molecule has 0 saturated carbocycles. The molecule has 2 fully saturated rings. The molecule has 25 heavy (non-hydrogen) atoms. The van der Waals surface area contributed by atoms with Crippen LogP contribution in [0.4, 0.5) is 0 Å². The molecule has 0 aromatic carbocycles. The summed E-state index contributed by atoms with van der Waals surface area (Å²) in [4.78, 5) is 17.8. The summed E-state index contributed by atoms with van der Waals surface area (Å²) in [5.41, 5.74) is 3.15. The lowest BCUT2D eigenvalue weighted by Gasteiger charge is -2.34. The van der Waals surface area contributed by atoms with Crippen molar-refractivity contribution in [1.82, 2.24) is 19.6 Å². The number of carbonyl (C=O) groups excluding carboxylic acids is 1. The van der Waals surface area contributed by atoms with Gasteiger partial charge in [0.15, 0.2) is 0 Å². The molecule has 0 bridgehead atoms. The van der Waals surface area contributed by atoms with E-state index in [1.807, 2.05) is 25.6 Å². The molecule has 140 valence electrons. The molecule has 1 aromatic rings. The number of rotatable bonds is 4. The van der Waals surface area contributed by atoms with Gasteiger partial charge in [-0.05, 0) is 26.7 Å². The first kappa shape index (κ1) is 18.4. The van der Waals surface area contributed by atoms with Crippen molar-refractivity contribution in [2.75, 3.05) is 39.4 Å². The summed E-state index contributed by atoms with van der Waals surface area (Å²) in [6.45, 7) is 13.6. The maximum atomic E-state index is 13.2. The maximum Gasteiger partial charge on any atom is 0.230 e. The molecule has 3 heterocycles. The Balaban J connectivity index is 1.73. The standard InChI is InChI=1S/C19H32N4O2/c1-6-16-11-23(12-17(16)22-7-9-25-10-8-22)19(24)13(2)18-14(3)20-21(5)15(18)4/h13,16-17H,6-12H2,1-5H3. The first-order chi connectivity index (χ1) is 11.9. The van der Waals surface area contributed by atoms with Gasteiger partial charge in [-0.15, -0.1) is 0 Å². The Morgan fingerprint density at radius 3 is 2.52 bits per heavy atom. The molecule has 3 unspecified atom stereocenters. The Morgan fingerprint density at radius 1 is 1.28 bits per heavy atom. The van der Waals surface area contributed by atoms with Crippen molar-refractivity contribution < 1.29 is 9.53 Å². The Hall–Kier alpha value is -1.40. The van der Waals surface area contributed by atoms with Crippen molar-refractivity contribution in [3.63, 3.8) is 0 Å². The van der Waals surface area contributed by atoms with E-state index >= 15 is 0 Å². The molecular formula is C19H32N4O2. The van der Waals surface area contributed by atoms with Crippen LogP contribution in [-0.4, -0.2) is 70.9 Å². The lowest BCUT2D eigenvalue weighted by atomic mass is 9.97. The second kappa shape index (κ2) is 7.46. The molecule has 2 aliphatic rings. The van der Waals surface area contributed by atoms with Crippen LogP contribution in [0, 0.1) is 19.8 Å². The number of aryl methyl sites for hydroxylation is 2. The molecule has 3 rings (SSSR count). The molecule has 6 heteroatoms. The van der Waals surface area contributed by atoms with Crippen LogP contribution in [0.3, 0.4) is 0 Å². The van der Waals surface area contributed by atoms with Gasteiger partial charge in [0, 0.05) is 50.5 Å². The molecule has 6 nitrogen and oxygen atoms in total. The predicted molar refractivity (Wildman–Crippen MR) is 97.6 cm³/mol. The van der Waals surface area contributed by atoms with Crippen LogP contribution in [0.1, 0.15) is 43.1 Å². The van der Waals surface area contributed by atoms with Gasteiger partial charge in [-0.2, -0.15) is 5.10 Å². The molecule has 3 atom stereocenters. The molecule has 1 aromatic heterocycles. The van der Waals surface area contributed by atoms with Crippen molar-refractivity contribution in [3.05, 3.63) is 17.0 Å². The second-order valence-corrected chi connectivity index (χ2v) is 7.56. The van der Waals surface area contributed by atoms with E-state index in [1.165, 1.54) is 0 Å². The number of morpholine rings is 1. The average molecular weight is 348 g/mol. The van der Waals surface area contributed by atoms with E-state index in [-0.39, 0.29) is 11.8 Å². The monoisotopic (exact) mass is 348 g/mol. The van der Waals surface area contributed by atoms with Crippen molar-refractivity contribution >= 4 is 5.91 Å². The van der Waals surface area contributed by atoms with Gasteiger partial charge in [0.1, 0.15) is 0 Å². The van der Waals surface area contributed by atoms with Crippen LogP contribution < -0.4 is 0 Å². The summed E-state index contributed by atoms with van der Waals surface area (Å²) in [7, 11) is 1.94. The van der Waals surface area contributed by atoms with Gasteiger partial charge in [-0.1, -0.05) is 13.3 Å². The van der Waals surface area contributed by atoms with Gasteiger partial charge >= 0.3 is 0 Å². The average Bonchev–Trinajstić information content (AvgIpc) is 3.15. The van der Waals surface area contributed by atoms with Crippen molar-refractivity contribution in [3.8, 4) is 0 Å². The SMILES string of the molecule is CCC1CN(C(=O)C(C)c2c(C)nn(C)c2C)CC1N1CCOCC1. The second-order valence-electron chi connectivity index (χ2n) is 7.56. The summed E-state index contributed by atoms with van der Waals surface area (Å²) in [6.07, 6.45) is 1.12. The van der Waals surface area contributed by atoms with Gasteiger partial charge in [0.05, 0.1) is 24.8 Å². The first-order valence-electron chi connectivity index (χ1n) is 9.54. The number of hydrogen-bond acceptors (Lipinski definition) is 4. The van der Waals surface area contributed by atoms with E-state index in [2.05, 4.69) is 28.7 Å². The topological polar surface area (TPSA) is 50.6 Å². The molecule has 0 spiro atoms. The smallest absolute Gasteiger partial charge is 0.230 e. The van der Waals surface area contributed by atoms with Gasteiger partial charge in [-0.25, -0.2) is 0 Å². The number of ether oxygens (including phenoxy) is 1. The molecule has 0 aliphatic carbocycles. The summed E-state index contributed by atoms with van der Waals surface area (Å²) in [5.74, 6) is 0.674. The molecule has 2 aliphatic heterocycles. The van der Waals surface area contributed by atoms with E-state index in [9.17, 15) is 4.79 Å². The van der Waals surface area contributed by atoms with Crippen LogP contribution in [0.2, 0.25) is 0 Å². The Labute approximate surface area is 151 Å². The van der Waals surface area contributed by atoms with E-state index in [4.69, 9.17) is 4.74 Å². The highest BCUT2D eigenvalue weighted by Gasteiger charge is 2.39. The fourth-order valence-electron chi connectivity index (χ4n) is 4.57.